The Morgan fingerprint density at radius 2 is 2.10 bits per heavy atom. The Hall–Kier alpha value is -3.30. The summed E-state index contributed by atoms with van der Waals surface area (Å²) in [6.07, 6.45) is 0.617. The number of hydrazine groups is 1. The van der Waals surface area contributed by atoms with Crippen molar-refractivity contribution in [2.75, 3.05) is 13.2 Å². The number of para-hydroxylation sites is 1. The summed E-state index contributed by atoms with van der Waals surface area (Å²) in [5.41, 5.74) is 5.31. The molecule has 0 saturated carbocycles. The van der Waals surface area contributed by atoms with E-state index in [-0.39, 0.29) is 19.1 Å². The molecule has 1 aromatic heterocycles. The Labute approximate surface area is 179 Å². The summed E-state index contributed by atoms with van der Waals surface area (Å²) in [6, 6.07) is 9.76. The lowest BCUT2D eigenvalue weighted by Crippen LogP contribution is -2.53. The van der Waals surface area contributed by atoms with E-state index in [0.29, 0.717) is 17.9 Å². The summed E-state index contributed by atoms with van der Waals surface area (Å²) in [5.74, 6) is 2.39. The van der Waals surface area contributed by atoms with Crippen molar-refractivity contribution >= 4 is 34.4 Å². The number of nitrogens with one attached hydrogen (secondary N) is 1. The van der Waals surface area contributed by atoms with Gasteiger partial charge in [0.2, 0.25) is 12.0 Å². The number of hydrogen-bond acceptors (Lipinski definition) is 8. The van der Waals surface area contributed by atoms with Crippen molar-refractivity contribution in [1.29, 1.82) is 0 Å². The molecule has 162 valence electrons. The van der Waals surface area contributed by atoms with Crippen LogP contribution in [0.2, 0.25) is 0 Å². The van der Waals surface area contributed by atoms with E-state index in [9.17, 15) is 14.4 Å². The van der Waals surface area contributed by atoms with Crippen molar-refractivity contribution in [2.45, 2.75) is 26.5 Å². The second kappa shape index (κ2) is 8.44. The van der Waals surface area contributed by atoms with Crippen LogP contribution in [0.15, 0.2) is 36.4 Å². The topological polar surface area (TPSA) is 124 Å². The second-order valence-corrected chi connectivity index (χ2v) is 7.27. The molecule has 9 nitrogen and oxygen atoms in total. The van der Waals surface area contributed by atoms with Crippen LogP contribution in [0.1, 0.15) is 25.1 Å². The molecule has 3 N–H and O–H groups in total. The maximum Gasteiger partial charge on any atom is 0.348 e. The molecule has 3 unspecified atom stereocenters. The Morgan fingerprint density at radius 3 is 2.87 bits per heavy atom. The van der Waals surface area contributed by atoms with Crippen LogP contribution in [0.3, 0.4) is 0 Å². The van der Waals surface area contributed by atoms with Crippen LogP contribution in [0.5, 0.6) is 0 Å². The fourth-order valence-electron chi connectivity index (χ4n) is 4.20. The van der Waals surface area contributed by atoms with Gasteiger partial charge in [-0.25, -0.2) is 15.2 Å². The van der Waals surface area contributed by atoms with Gasteiger partial charge in [0.05, 0.1) is 29.4 Å². The number of fused-ring (bicyclic) bond motifs is 5. The Bertz CT molecular complexity index is 1080. The van der Waals surface area contributed by atoms with Gasteiger partial charge in [-0.05, 0) is 12.1 Å². The van der Waals surface area contributed by atoms with Crippen LogP contribution in [-0.2, 0) is 30.4 Å². The quantitative estimate of drug-likeness (QED) is 0.427. The zero-order valence-electron chi connectivity index (χ0n) is 17.3. The summed E-state index contributed by atoms with van der Waals surface area (Å²) in [7, 11) is 0. The van der Waals surface area contributed by atoms with Crippen LogP contribution in [0, 0.1) is 11.8 Å². The first-order valence-corrected chi connectivity index (χ1v) is 10.3. The number of carbonyl (C=O) groups excluding carboxylic acids is 3. The molecule has 0 radical (unpaired) electrons. The predicted octanol–water partition coefficient (Wildman–Crippen LogP) is 1.12. The van der Waals surface area contributed by atoms with Crippen LogP contribution < -0.4 is 11.3 Å². The number of ether oxygens (including phenoxy) is 2. The molecule has 3 atom stereocenters. The molecule has 1 amide bonds. The number of nitrogens with two attached hydrogens (primary N) is 1. The van der Waals surface area contributed by atoms with Gasteiger partial charge in [-0.3, -0.25) is 15.4 Å². The number of nitrogens with zero attached hydrogens (tertiary/aromatic N) is 2. The molecule has 31 heavy (non-hydrogen) atoms. The predicted molar refractivity (Wildman–Crippen MR) is 112 cm³/mol. The molecule has 1 aromatic carbocycles. The van der Waals surface area contributed by atoms with Gasteiger partial charge in [0.1, 0.15) is 13.2 Å². The lowest BCUT2D eigenvalue weighted by Gasteiger charge is -2.39. The first kappa shape index (κ1) is 21.0. The second-order valence-electron chi connectivity index (χ2n) is 7.27. The minimum absolute atomic E-state index is 0.0441. The minimum Gasteiger partial charge on any atom is -0.462 e. The Balaban J connectivity index is 0.00000112. The highest BCUT2D eigenvalue weighted by atomic mass is 16.6. The number of hydrogen-bond donors (Lipinski definition) is 2. The number of pyridine rings is 1. The maximum atomic E-state index is 13.2. The first-order valence-electron chi connectivity index (χ1n) is 10.3. The lowest BCUT2D eigenvalue weighted by molar-refractivity contribution is -0.183. The number of cyclic esters (lactones) is 1. The SMILES string of the molecule is CC.NNCC(=O)OC1C(=O)OCC2C(=O)N3Cc4cc5ccccc5nc4C3=CC21. The third kappa shape index (κ3) is 3.55. The highest BCUT2D eigenvalue weighted by Crippen LogP contribution is 2.42. The Kier molecular flexibility index (Phi) is 5.71. The molecule has 3 aliphatic rings. The van der Waals surface area contributed by atoms with Gasteiger partial charge in [0, 0.05) is 16.9 Å². The summed E-state index contributed by atoms with van der Waals surface area (Å²) in [6.45, 7) is 4.11. The summed E-state index contributed by atoms with van der Waals surface area (Å²) < 4.78 is 10.4. The molecule has 1 fully saturated rings. The highest BCUT2D eigenvalue weighted by molar-refractivity contribution is 5.96. The minimum atomic E-state index is -1.20. The summed E-state index contributed by atoms with van der Waals surface area (Å²) in [5, 5.41) is 0.996. The molecule has 3 aliphatic heterocycles. The fourth-order valence-corrected chi connectivity index (χ4v) is 4.20. The van der Waals surface area contributed by atoms with Crippen molar-refractivity contribution in [3.8, 4) is 0 Å². The highest BCUT2D eigenvalue weighted by Gasteiger charge is 2.51. The standard InChI is InChI=1S/C20H18N4O5.C2H6/c21-22-7-16(25)29-18-12-6-15-17-11(5-10-3-1-2-4-14(10)23-17)8-24(15)19(26)13(12)9-28-20(18)27;1-2/h1-6,12-13,18,22H,7-9,21H2;1-2H3. The number of esters is 2. The molecule has 0 aliphatic carbocycles. The summed E-state index contributed by atoms with van der Waals surface area (Å²) >= 11 is 0. The van der Waals surface area contributed by atoms with Crippen LogP contribution in [-0.4, -0.2) is 47.0 Å². The van der Waals surface area contributed by atoms with Gasteiger partial charge >= 0.3 is 11.9 Å². The summed E-state index contributed by atoms with van der Waals surface area (Å²) in [4.78, 5) is 43.7. The van der Waals surface area contributed by atoms with Crippen molar-refractivity contribution in [1.82, 2.24) is 15.3 Å². The number of amides is 1. The Morgan fingerprint density at radius 1 is 1.32 bits per heavy atom. The van der Waals surface area contributed by atoms with Gasteiger partial charge in [-0.2, -0.15) is 0 Å². The van der Waals surface area contributed by atoms with Gasteiger partial charge in [-0.15, -0.1) is 0 Å². The van der Waals surface area contributed by atoms with E-state index in [4.69, 9.17) is 20.3 Å². The van der Waals surface area contributed by atoms with E-state index in [2.05, 4.69) is 5.43 Å². The van der Waals surface area contributed by atoms with Crippen molar-refractivity contribution in [2.24, 2.45) is 17.7 Å². The molecule has 5 rings (SSSR count). The molecule has 4 heterocycles. The smallest absolute Gasteiger partial charge is 0.348 e. The third-order valence-electron chi connectivity index (χ3n) is 5.55. The molecule has 2 aromatic rings. The number of benzene rings is 1. The van der Waals surface area contributed by atoms with E-state index >= 15 is 0 Å². The molecule has 1 saturated heterocycles. The fraction of sp³-hybridized carbons (Fsp3) is 0.364. The van der Waals surface area contributed by atoms with E-state index in [0.717, 1.165) is 16.5 Å². The van der Waals surface area contributed by atoms with Crippen LogP contribution >= 0.6 is 0 Å². The lowest BCUT2D eigenvalue weighted by atomic mass is 9.81. The number of aromatic nitrogens is 1. The zero-order valence-corrected chi connectivity index (χ0v) is 17.3. The van der Waals surface area contributed by atoms with Gasteiger partial charge in [0.25, 0.3) is 0 Å². The van der Waals surface area contributed by atoms with E-state index in [1.807, 2.05) is 50.3 Å². The first-order chi connectivity index (χ1) is 15.1. The van der Waals surface area contributed by atoms with Crippen molar-refractivity contribution < 1.29 is 23.9 Å². The average Bonchev–Trinajstić information content (AvgIpc) is 3.14. The molecule has 0 bridgehead atoms. The third-order valence-corrected chi connectivity index (χ3v) is 5.55. The van der Waals surface area contributed by atoms with Gasteiger partial charge in [0.15, 0.2) is 0 Å². The molecule has 9 heteroatoms. The number of carbonyl (C=O) groups is 3. The van der Waals surface area contributed by atoms with E-state index in [1.54, 1.807) is 4.90 Å². The molecular weight excluding hydrogens is 400 g/mol. The normalized spacial score (nSPS) is 23.6. The average molecular weight is 424 g/mol. The monoisotopic (exact) mass is 424 g/mol. The largest absolute Gasteiger partial charge is 0.462 e. The zero-order chi connectivity index (χ0) is 22.1. The van der Waals surface area contributed by atoms with Gasteiger partial charge in [-0.1, -0.05) is 38.1 Å². The van der Waals surface area contributed by atoms with Crippen molar-refractivity contribution in [3.05, 3.63) is 47.7 Å². The van der Waals surface area contributed by atoms with E-state index in [1.165, 1.54) is 0 Å². The molecular formula is C22H24N4O5. The maximum absolute atomic E-state index is 13.2. The van der Waals surface area contributed by atoms with Gasteiger partial charge < -0.3 is 14.4 Å². The number of rotatable bonds is 3. The van der Waals surface area contributed by atoms with Crippen LogP contribution in [0.25, 0.3) is 16.6 Å². The van der Waals surface area contributed by atoms with Crippen molar-refractivity contribution in [3.63, 3.8) is 0 Å². The van der Waals surface area contributed by atoms with Crippen LogP contribution in [0.4, 0.5) is 0 Å². The van der Waals surface area contributed by atoms with E-state index < -0.39 is 29.9 Å². The molecule has 0 spiro atoms.